The van der Waals surface area contributed by atoms with Gasteiger partial charge in [0.25, 0.3) is 6.04 Å². The Labute approximate surface area is 89.7 Å². The van der Waals surface area contributed by atoms with Crippen molar-refractivity contribution in [2.45, 2.75) is 18.6 Å². The molecule has 0 aliphatic heterocycles. The van der Waals surface area contributed by atoms with Gasteiger partial charge < -0.3 is 9.58 Å². The van der Waals surface area contributed by atoms with Crippen molar-refractivity contribution in [1.82, 2.24) is 0 Å². The summed E-state index contributed by atoms with van der Waals surface area (Å²) in [6.45, 7) is 7.47. The van der Waals surface area contributed by atoms with Gasteiger partial charge in [-0.2, -0.15) is 0 Å². The lowest BCUT2D eigenvalue weighted by Gasteiger charge is -2.09. The van der Waals surface area contributed by atoms with E-state index >= 15 is 0 Å². The first kappa shape index (κ1) is 9.77. The van der Waals surface area contributed by atoms with Crippen LogP contribution in [0.15, 0.2) is 24.3 Å². The molecule has 0 N–H and O–H groups in total. The Hall–Kier alpha value is -1.77. The minimum atomic E-state index is -0.186. The fourth-order valence-corrected chi connectivity index (χ4v) is 2.00. The smallest absolute Gasteiger partial charge is 0.275 e. The second-order valence-electron chi connectivity index (χ2n) is 3.53. The Kier molecular flexibility index (Phi) is 2.72. The van der Waals surface area contributed by atoms with E-state index in [1.54, 1.807) is 0 Å². The van der Waals surface area contributed by atoms with Crippen molar-refractivity contribution in [3.63, 3.8) is 0 Å². The van der Waals surface area contributed by atoms with Crippen LogP contribution in [0.2, 0.25) is 0 Å². The topological polar surface area (TPSA) is 13.6 Å². The third-order valence-corrected chi connectivity index (χ3v) is 2.67. The van der Waals surface area contributed by atoms with Crippen LogP contribution in [0.3, 0.4) is 0 Å². The van der Waals surface area contributed by atoms with Crippen molar-refractivity contribution in [2.75, 3.05) is 6.61 Å². The van der Waals surface area contributed by atoms with Gasteiger partial charge in [-0.25, -0.2) is 6.57 Å². The Morgan fingerprint density at radius 1 is 1.53 bits per heavy atom. The van der Waals surface area contributed by atoms with Crippen molar-refractivity contribution in [3.05, 3.63) is 46.8 Å². The Bertz CT molecular complexity index is 439. The number of terminal acetylenes is 1. The molecule has 0 fully saturated rings. The molecule has 0 radical (unpaired) electrons. The molecule has 74 valence electrons. The van der Waals surface area contributed by atoms with E-state index in [9.17, 15) is 0 Å². The van der Waals surface area contributed by atoms with Gasteiger partial charge in [-0.3, -0.25) is 0 Å². The summed E-state index contributed by atoms with van der Waals surface area (Å²) in [5.41, 5.74) is 2.30. The zero-order valence-electron chi connectivity index (χ0n) is 8.31. The molecule has 0 heterocycles. The molecule has 2 nitrogen and oxygen atoms in total. The fraction of sp³-hybridized carbons (Fsp3) is 0.308. The van der Waals surface area contributed by atoms with E-state index < -0.39 is 0 Å². The lowest BCUT2D eigenvalue weighted by atomic mass is 10.1. The maximum absolute atomic E-state index is 7.19. The summed E-state index contributed by atoms with van der Waals surface area (Å²) in [6.07, 6.45) is 5.87. The number of benzene rings is 1. The number of fused-ring (bicyclic) bond motifs is 1. The summed E-state index contributed by atoms with van der Waals surface area (Å²) < 4.78 is 5.49. The van der Waals surface area contributed by atoms with Gasteiger partial charge in [0.1, 0.15) is 12.7 Å². The predicted octanol–water partition coefficient (Wildman–Crippen LogP) is 2.22. The normalized spacial score (nSPS) is 22.8. The van der Waals surface area contributed by atoms with Crippen LogP contribution in [0.4, 0.5) is 0 Å². The van der Waals surface area contributed by atoms with Gasteiger partial charge in [0.15, 0.2) is 0 Å². The van der Waals surface area contributed by atoms with Crippen molar-refractivity contribution >= 4 is 0 Å². The molecule has 2 heteroatoms. The molecule has 0 unspecified atom stereocenters. The molecule has 0 aromatic heterocycles. The molecule has 0 spiro atoms. The number of nitrogens with zero attached hydrogens (tertiary/aromatic N) is 1. The molecule has 0 bridgehead atoms. The number of hydrogen-bond acceptors (Lipinski definition) is 1. The van der Waals surface area contributed by atoms with E-state index in [0.29, 0.717) is 0 Å². The number of hydrogen-bond donors (Lipinski definition) is 0. The van der Waals surface area contributed by atoms with E-state index in [0.717, 1.165) is 12.0 Å². The maximum Gasteiger partial charge on any atom is 0.275 e. The van der Waals surface area contributed by atoms with E-state index in [2.05, 4.69) is 10.8 Å². The van der Waals surface area contributed by atoms with Crippen LogP contribution in [0.1, 0.15) is 17.2 Å². The molecule has 2 rings (SSSR count). The standard InChI is InChI=1S/C13H11NO/c1-3-8-15-12-9-10-6-4-5-7-11(10)13(12)14-2/h1,4-7,12-13H,8-9H2/t12-,13+/m1/s1. The van der Waals surface area contributed by atoms with Gasteiger partial charge in [-0.05, 0) is 5.56 Å². The van der Waals surface area contributed by atoms with Crippen molar-refractivity contribution < 1.29 is 4.74 Å². The molecule has 15 heavy (non-hydrogen) atoms. The van der Waals surface area contributed by atoms with Gasteiger partial charge in [-0.15, -0.1) is 6.42 Å². The summed E-state index contributed by atoms with van der Waals surface area (Å²) in [6, 6.07) is 7.81. The summed E-state index contributed by atoms with van der Waals surface area (Å²) in [7, 11) is 0. The zero-order chi connectivity index (χ0) is 10.7. The summed E-state index contributed by atoms with van der Waals surface area (Å²) >= 11 is 0. The van der Waals surface area contributed by atoms with E-state index in [1.165, 1.54) is 5.56 Å². The van der Waals surface area contributed by atoms with Crippen LogP contribution >= 0.6 is 0 Å². The SMILES string of the molecule is [C-]#[N+][C@H]1c2ccccc2C[C@H]1OCC#C. The highest BCUT2D eigenvalue weighted by Gasteiger charge is 2.37. The van der Waals surface area contributed by atoms with Crippen molar-refractivity contribution in [1.29, 1.82) is 0 Å². The third kappa shape index (κ3) is 1.73. The molecule has 0 saturated carbocycles. The summed E-state index contributed by atoms with van der Waals surface area (Å²) in [4.78, 5) is 3.62. The second kappa shape index (κ2) is 4.17. The van der Waals surface area contributed by atoms with E-state index in [-0.39, 0.29) is 18.8 Å². The van der Waals surface area contributed by atoms with Gasteiger partial charge in [0.05, 0.1) is 0 Å². The highest BCUT2D eigenvalue weighted by molar-refractivity contribution is 5.38. The predicted molar refractivity (Wildman–Crippen MR) is 58.1 cm³/mol. The first-order valence-corrected chi connectivity index (χ1v) is 4.86. The second-order valence-corrected chi connectivity index (χ2v) is 3.53. The first-order valence-electron chi connectivity index (χ1n) is 4.86. The molecule has 2 atom stereocenters. The monoisotopic (exact) mass is 197 g/mol. The molecular formula is C13H11NO. The van der Waals surface area contributed by atoms with Gasteiger partial charge in [-0.1, -0.05) is 30.2 Å². The third-order valence-electron chi connectivity index (χ3n) is 2.67. The molecule has 1 aromatic rings. The summed E-state index contributed by atoms with van der Waals surface area (Å²) in [5, 5.41) is 0. The maximum atomic E-state index is 7.19. The molecule has 0 saturated heterocycles. The molecule has 1 aromatic carbocycles. The van der Waals surface area contributed by atoms with Crippen LogP contribution in [0.5, 0.6) is 0 Å². The van der Waals surface area contributed by atoms with Gasteiger partial charge in [0.2, 0.25) is 0 Å². The average molecular weight is 197 g/mol. The summed E-state index contributed by atoms with van der Waals surface area (Å²) in [5.74, 6) is 2.44. The Morgan fingerprint density at radius 2 is 2.33 bits per heavy atom. The van der Waals surface area contributed by atoms with Crippen molar-refractivity contribution in [3.8, 4) is 12.3 Å². The highest BCUT2D eigenvalue weighted by Crippen LogP contribution is 2.35. The van der Waals surface area contributed by atoms with E-state index in [1.807, 2.05) is 24.3 Å². The van der Waals surface area contributed by atoms with Crippen LogP contribution in [-0.4, -0.2) is 12.7 Å². The quantitative estimate of drug-likeness (QED) is 0.523. The highest BCUT2D eigenvalue weighted by atomic mass is 16.5. The van der Waals surface area contributed by atoms with Crippen molar-refractivity contribution in [2.24, 2.45) is 0 Å². The first-order chi connectivity index (χ1) is 7.36. The molecule has 0 amide bonds. The number of rotatable bonds is 2. The largest absolute Gasteiger partial charge is 0.357 e. The number of ether oxygens (including phenoxy) is 1. The molecule has 1 aliphatic carbocycles. The average Bonchev–Trinajstić information content (AvgIpc) is 2.63. The van der Waals surface area contributed by atoms with Crippen LogP contribution < -0.4 is 0 Å². The van der Waals surface area contributed by atoms with Gasteiger partial charge >= 0.3 is 0 Å². The molecule has 1 aliphatic rings. The minimum absolute atomic E-state index is 0.0732. The lowest BCUT2D eigenvalue weighted by molar-refractivity contribution is 0.0756. The zero-order valence-corrected chi connectivity index (χ0v) is 8.31. The lowest BCUT2D eigenvalue weighted by Crippen LogP contribution is -2.16. The molecular weight excluding hydrogens is 186 g/mol. The minimum Gasteiger partial charge on any atom is -0.357 e. The fourth-order valence-electron chi connectivity index (χ4n) is 2.00. The Balaban J connectivity index is 2.23. The van der Waals surface area contributed by atoms with Crippen LogP contribution in [-0.2, 0) is 11.2 Å². The van der Waals surface area contributed by atoms with Crippen LogP contribution in [0, 0.1) is 18.9 Å². The van der Waals surface area contributed by atoms with Crippen LogP contribution in [0.25, 0.3) is 4.85 Å². The Morgan fingerprint density at radius 3 is 3.07 bits per heavy atom. The van der Waals surface area contributed by atoms with E-state index in [4.69, 9.17) is 17.7 Å². The van der Waals surface area contributed by atoms with Gasteiger partial charge in [0, 0.05) is 12.0 Å².